The second-order valence-corrected chi connectivity index (χ2v) is 5.66. The van der Waals surface area contributed by atoms with Crippen molar-refractivity contribution in [3.8, 4) is 5.75 Å². The van der Waals surface area contributed by atoms with E-state index in [9.17, 15) is 9.59 Å². The largest absolute Gasteiger partial charge is 0.493 e. The van der Waals surface area contributed by atoms with Crippen LogP contribution in [-0.2, 0) is 11.2 Å². The first kappa shape index (κ1) is 18.4. The quantitative estimate of drug-likeness (QED) is 0.318. The van der Waals surface area contributed by atoms with Crippen LogP contribution in [0.1, 0.15) is 74.7 Å². The Morgan fingerprint density at radius 2 is 1.86 bits per heavy atom. The molecule has 1 rings (SSSR count). The van der Waals surface area contributed by atoms with Gasteiger partial charge in [-0.25, -0.2) is 0 Å². The molecule has 0 saturated heterocycles. The predicted molar refractivity (Wildman–Crippen MR) is 89.7 cm³/mol. The maximum absolute atomic E-state index is 11.7. The lowest BCUT2D eigenvalue weighted by Crippen LogP contribution is -2.05. The van der Waals surface area contributed by atoms with E-state index in [0.717, 1.165) is 68.1 Å². The standard InChI is InChI=1S/C19H28O3/c1-3-11-18-17(16(2)21)12-10-13-19(18)22-15-9-7-5-4-6-8-14-20/h10,12-14H,3-9,11,15H2,1-2H3. The molecule has 0 amide bonds. The fourth-order valence-corrected chi connectivity index (χ4v) is 2.58. The van der Waals surface area contributed by atoms with Crippen LogP contribution in [0, 0.1) is 0 Å². The van der Waals surface area contributed by atoms with E-state index >= 15 is 0 Å². The molecule has 0 heterocycles. The molecule has 0 saturated carbocycles. The lowest BCUT2D eigenvalue weighted by molar-refractivity contribution is -0.107. The number of rotatable bonds is 12. The fourth-order valence-electron chi connectivity index (χ4n) is 2.58. The van der Waals surface area contributed by atoms with Gasteiger partial charge in [0.15, 0.2) is 5.78 Å². The second-order valence-electron chi connectivity index (χ2n) is 5.66. The molecule has 0 fully saturated rings. The number of carbonyl (C=O) groups excluding carboxylic acids is 2. The number of ether oxygens (including phenoxy) is 1. The van der Waals surface area contributed by atoms with Gasteiger partial charge < -0.3 is 9.53 Å². The highest BCUT2D eigenvalue weighted by atomic mass is 16.5. The van der Waals surface area contributed by atoms with Crippen molar-refractivity contribution in [3.05, 3.63) is 29.3 Å². The topological polar surface area (TPSA) is 43.4 Å². The van der Waals surface area contributed by atoms with E-state index in [2.05, 4.69) is 6.92 Å². The van der Waals surface area contributed by atoms with E-state index in [1.807, 2.05) is 18.2 Å². The van der Waals surface area contributed by atoms with Gasteiger partial charge in [-0.2, -0.15) is 0 Å². The van der Waals surface area contributed by atoms with Crippen molar-refractivity contribution >= 4 is 12.1 Å². The molecule has 0 N–H and O–H groups in total. The monoisotopic (exact) mass is 304 g/mol. The first-order chi connectivity index (χ1) is 10.7. The molecule has 0 atom stereocenters. The Labute approximate surface area is 134 Å². The average Bonchev–Trinajstić information content (AvgIpc) is 2.51. The molecular weight excluding hydrogens is 276 g/mol. The molecular formula is C19H28O3. The summed E-state index contributed by atoms with van der Waals surface area (Å²) in [5, 5.41) is 0. The number of hydrogen-bond acceptors (Lipinski definition) is 3. The van der Waals surface area contributed by atoms with E-state index < -0.39 is 0 Å². The van der Waals surface area contributed by atoms with Crippen LogP contribution in [0.15, 0.2) is 18.2 Å². The Hall–Kier alpha value is -1.64. The van der Waals surface area contributed by atoms with Crippen molar-refractivity contribution in [2.45, 2.75) is 65.2 Å². The van der Waals surface area contributed by atoms with Crippen LogP contribution < -0.4 is 4.74 Å². The van der Waals surface area contributed by atoms with Crippen molar-refractivity contribution in [3.63, 3.8) is 0 Å². The molecule has 0 unspecified atom stereocenters. The molecule has 0 aromatic heterocycles. The molecule has 1 aromatic rings. The van der Waals surface area contributed by atoms with Gasteiger partial charge in [0.1, 0.15) is 12.0 Å². The zero-order chi connectivity index (χ0) is 16.2. The molecule has 0 spiro atoms. The van der Waals surface area contributed by atoms with Crippen molar-refractivity contribution < 1.29 is 14.3 Å². The Bertz CT molecular complexity index is 466. The summed E-state index contributed by atoms with van der Waals surface area (Å²) < 4.78 is 5.90. The molecule has 122 valence electrons. The second kappa shape index (κ2) is 11.0. The van der Waals surface area contributed by atoms with Crippen molar-refractivity contribution in [2.24, 2.45) is 0 Å². The maximum Gasteiger partial charge on any atom is 0.160 e. The first-order valence-corrected chi connectivity index (χ1v) is 8.40. The number of benzene rings is 1. The Balaban J connectivity index is 2.43. The van der Waals surface area contributed by atoms with E-state index in [1.165, 1.54) is 0 Å². The molecule has 0 radical (unpaired) electrons. The van der Waals surface area contributed by atoms with Gasteiger partial charge in [0.05, 0.1) is 6.61 Å². The van der Waals surface area contributed by atoms with Gasteiger partial charge in [0.2, 0.25) is 0 Å². The number of aldehydes is 1. The van der Waals surface area contributed by atoms with Crippen LogP contribution in [0.25, 0.3) is 0 Å². The fraction of sp³-hybridized carbons (Fsp3) is 0.579. The summed E-state index contributed by atoms with van der Waals surface area (Å²) in [6.07, 6.45) is 8.91. The number of carbonyl (C=O) groups is 2. The highest BCUT2D eigenvalue weighted by Crippen LogP contribution is 2.25. The van der Waals surface area contributed by atoms with E-state index in [1.54, 1.807) is 6.92 Å². The minimum Gasteiger partial charge on any atom is -0.493 e. The zero-order valence-corrected chi connectivity index (χ0v) is 13.9. The molecule has 22 heavy (non-hydrogen) atoms. The van der Waals surface area contributed by atoms with Crippen LogP contribution in [0.2, 0.25) is 0 Å². The molecule has 0 aliphatic carbocycles. The van der Waals surface area contributed by atoms with Crippen molar-refractivity contribution in [1.29, 1.82) is 0 Å². The Kier molecular flexibility index (Phi) is 9.20. The van der Waals surface area contributed by atoms with Crippen LogP contribution in [0.5, 0.6) is 5.75 Å². The molecule has 3 nitrogen and oxygen atoms in total. The van der Waals surface area contributed by atoms with Gasteiger partial charge in [0.25, 0.3) is 0 Å². The predicted octanol–water partition coefficient (Wildman–Crippen LogP) is 4.76. The third-order valence-electron chi connectivity index (χ3n) is 3.74. The van der Waals surface area contributed by atoms with Crippen LogP contribution in [0.4, 0.5) is 0 Å². The third-order valence-corrected chi connectivity index (χ3v) is 3.74. The lowest BCUT2D eigenvalue weighted by atomic mass is 9.99. The SMILES string of the molecule is CCCc1c(OCCCCCCCC=O)cccc1C(C)=O. The van der Waals surface area contributed by atoms with Crippen LogP contribution in [-0.4, -0.2) is 18.7 Å². The van der Waals surface area contributed by atoms with Gasteiger partial charge in [0, 0.05) is 17.5 Å². The minimum absolute atomic E-state index is 0.101. The highest BCUT2D eigenvalue weighted by molar-refractivity contribution is 5.96. The molecule has 0 bridgehead atoms. The summed E-state index contributed by atoms with van der Waals surface area (Å²) in [5.41, 5.74) is 1.83. The first-order valence-electron chi connectivity index (χ1n) is 8.40. The molecule has 3 heteroatoms. The van der Waals surface area contributed by atoms with Crippen molar-refractivity contribution in [1.82, 2.24) is 0 Å². The van der Waals surface area contributed by atoms with Gasteiger partial charge in [-0.1, -0.05) is 44.7 Å². The highest BCUT2D eigenvalue weighted by Gasteiger charge is 2.11. The summed E-state index contributed by atoms with van der Waals surface area (Å²) in [4.78, 5) is 21.9. The summed E-state index contributed by atoms with van der Waals surface area (Å²) in [7, 11) is 0. The van der Waals surface area contributed by atoms with E-state index in [0.29, 0.717) is 13.0 Å². The summed E-state index contributed by atoms with van der Waals surface area (Å²) in [5.74, 6) is 0.958. The van der Waals surface area contributed by atoms with Crippen molar-refractivity contribution in [2.75, 3.05) is 6.61 Å². The molecule has 0 aliphatic rings. The lowest BCUT2D eigenvalue weighted by Gasteiger charge is -2.14. The van der Waals surface area contributed by atoms with Gasteiger partial charge in [-0.15, -0.1) is 0 Å². The normalized spacial score (nSPS) is 10.5. The maximum atomic E-state index is 11.7. The smallest absolute Gasteiger partial charge is 0.160 e. The van der Waals surface area contributed by atoms with Crippen LogP contribution in [0.3, 0.4) is 0 Å². The Morgan fingerprint density at radius 1 is 1.14 bits per heavy atom. The number of Topliss-reactive ketones (excluding diaryl/α,β-unsaturated/α-hetero) is 1. The van der Waals surface area contributed by atoms with Gasteiger partial charge >= 0.3 is 0 Å². The van der Waals surface area contributed by atoms with E-state index in [-0.39, 0.29) is 5.78 Å². The number of unbranched alkanes of at least 4 members (excludes halogenated alkanes) is 5. The van der Waals surface area contributed by atoms with Gasteiger partial charge in [-0.05, 0) is 32.3 Å². The summed E-state index contributed by atoms with van der Waals surface area (Å²) in [6, 6.07) is 5.74. The summed E-state index contributed by atoms with van der Waals surface area (Å²) >= 11 is 0. The van der Waals surface area contributed by atoms with Gasteiger partial charge in [-0.3, -0.25) is 4.79 Å². The molecule has 1 aromatic carbocycles. The average molecular weight is 304 g/mol. The van der Waals surface area contributed by atoms with E-state index in [4.69, 9.17) is 4.74 Å². The molecule has 0 aliphatic heterocycles. The minimum atomic E-state index is 0.101. The van der Waals surface area contributed by atoms with Crippen LogP contribution >= 0.6 is 0 Å². The number of ketones is 1. The summed E-state index contributed by atoms with van der Waals surface area (Å²) in [6.45, 7) is 4.41. The number of hydrogen-bond donors (Lipinski definition) is 0. The Morgan fingerprint density at radius 3 is 2.55 bits per heavy atom. The third kappa shape index (κ3) is 6.42. The zero-order valence-electron chi connectivity index (χ0n) is 13.9.